The zero-order valence-corrected chi connectivity index (χ0v) is 15.3. The van der Waals surface area contributed by atoms with Crippen LogP contribution >= 0.6 is 0 Å². The van der Waals surface area contributed by atoms with Gasteiger partial charge in [-0.05, 0) is 36.2 Å². The van der Waals surface area contributed by atoms with Gasteiger partial charge in [0.1, 0.15) is 0 Å². The molecule has 1 fully saturated rings. The molecule has 0 bridgehead atoms. The summed E-state index contributed by atoms with van der Waals surface area (Å²) in [6.07, 6.45) is 3.66. The van der Waals surface area contributed by atoms with Crippen LogP contribution in [0.5, 0.6) is 0 Å². The van der Waals surface area contributed by atoms with Crippen molar-refractivity contribution < 1.29 is 18.5 Å². The van der Waals surface area contributed by atoms with E-state index in [0.29, 0.717) is 36.9 Å². The fourth-order valence-electron chi connectivity index (χ4n) is 3.09. The van der Waals surface area contributed by atoms with Gasteiger partial charge in [-0.3, -0.25) is 9.59 Å². The van der Waals surface area contributed by atoms with E-state index in [0.717, 1.165) is 24.2 Å². The van der Waals surface area contributed by atoms with Gasteiger partial charge in [0.15, 0.2) is 5.76 Å². The molecule has 2 amide bonds. The molecule has 0 radical (unpaired) electrons. The van der Waals surface area contributed by atoms with Gasteiger partial charge in [-0.1, -0.05) is 17.3 Å². The third-order valence-corrected chi connectivity index (χ3v) is 4.59. The molecular weight excluding hydrogens is 360 g/mol. The maximum atomic E-state index is 12.1. The maximum Gasteiger partial charge on any atom is 0.238 e. The normalized spacial score (nSPS) is 13.9. The monoisotopic (exact) mass is 380 g/mol. The molecule has 0 aliphatic carbocycles. The number of aryl methyl sites for hydroxylation is 1. The first kappa shape index (κ1) is 18.0. The Labute approximate surface area is 161 Å². The van der Waals surface area contributed by atoms with Crippen LogP contribution < -0.4 is 10.2 Å². The van der Waals surface area contributed by atoms with Gasteiger partial charge in [-0.2, -0.15) is 4.98 Å². The Bertz CT molecular complexity index is 947. The summed E-state index contributed by atoms with van der Waals surface area (Å²) >= 11 is 0. The van der Waals surface area contributed by atoms with Crippen molar-refractivity contribution in [3.63, 3.8) is 0 Å². The summed E-state index contributed by atoms with van der Waals surface area (Å²) in [7, 11) is 0. The van der Waals surface area contributed by atoms with Crippen molar-refractivity contribution >= 4 is 17.5 Å². The van der Waals surface area contributed by atoms with Crippen LogP contribution in [0.4, 0.5) is 5.69 Å². The van der Waals surface area contributed by atoms with E-state index in [1.54, 1.807) is 17.0 Å². The zero-order chi connectivity index (χ0) is 19.3. The quantitative estimate of drug-likeness (QED) is 0.676. The van der Waals surface area contributed by atoms with Gasteiger partial charge in [0, 0.05) is 38.0 Å². The molecule has 2 aromatic heterocycles. The largest absolute Gasteiger partial charge is 0.461 e. The Morgan fingerprint density at radius 2 is 2.07 bits per heavy atom. The Hall–Kier alpha value is -3.42. The topological polar surface area (TPSA) is 101 Å². The number of aromatic nitrogens is 2. The van der Waals surface area contributed by atoms with E-state index in [9.17, 15) is 9.59 Å². The van der Waals surface area contributed by atoms with Crippen LogP contribution in [0, 0.1) is 0 Å². The highest BCUT2D eigenvalue weighted by molar-refractivity contribution is 5.95. The fraction of sp³-hybridized carbons (Fsp3) is 0.300. The third kappa shape index (κ3) is 4.11. The van der Waals surface area contributed by atoms with Gasteiger partial charge >= 0.3 is 0 Å². The molecule has 1 N–H and O–H groups in total. The first-order valence-corrected chi connectivity index (χ1v) is 9.21. The molecule has 3 aromatic rings. The Kier molecular flexibility index (Phi) is 5.18. The number of hydrogen-bond acceptors (Lipinski definition) is 6. The minimum absolute atomic E-state index is 0.100. The second-order valence-electron chi connectivity index (χ2n) is 6.58. The highest BCUT2D eigenvalue weighted by Gasteiger charge is 2.21. The second-order valence-corrected chi connectivity index (χ2v) is 6.58. The van der Waals surface area contributed by atoms with Crippen LogP contribution in [0.15, 0.2) is 51.6 Å². The van der Waals surface area contributed by atoms with E-state index >= 15 is 0 Å². The maximum absolute atomic E-state index is 12.1. The predicted octanol–water partition coefficient (Wildman–Crippen LogP) is 2.71. The van der Waals surface area contributed by atoms with Gasteiger partial charge in [-0.25, -0.2) is 0 Å². The lowest BCUT2D eigenvalue weighted by atomic mass is 10.2. The Morgan fingerprint density at radius 3 is 2.79 bits per heavy atom. The first-order valence-electron chi connectivity index (χ1n) is 9.21. The van der Waals surface area contributed by atoms with Gasteiger partial charge < -0.3 is 19.2 Å². The van der Waals surface area contributed by atoms with Crippen molar-refractivity contribution in [2.24, 2.45) is 0 Å². The lowest BCUT2D eigenvalue weighted by molar-refractivity contribution is -0.121. The Morgan fingerprint density at radius 1 is 1.21 bits per heavy atom. The van der Waals surface area contributed by atoms with Crippen molar-refractivity contribution in [1.82, 2.24) is 15.5 Å². The van der Waals surface area contributed by atoms with Crippen LogP contribution in [0.3, 0.4) is 0 Å². The second kappa shape index (κ2) is 8.08. The van der Waals surface area contributed by atoms with Crippen LogP contribution in [-0.4, -0.2) is 28.5 Å². The fourth-order valence-corrected chi connectivity index (χ4v) is 3.09. The van der Waals surface area contributed by atoms with E-state index in [1.807, 2.05) is 24.3 Å². The SMILES string of the molecule is O=C(CCc1nc(-c2ccco2)no1)NCc1ccc(N2CCCC2=O)cc1. The number of amides is 2. The molecule has 8 nitrogen and oxygen atoms in total. The lowest BCUT2D eigenvalue weighted by Crippen LogP contribution is -2.24. The standard InChI is InChI=1S/C20H20N4O4/c25-17(9-10-18-22-20(23-28-18)16-3-2-12-27-16)21-13-14-5-7-15(8-6-14)24-11-1-4-19(24)26/h2-3,5-8,12H,1,4,9-11,13H2,(H,21,25). The Balaban J connectivity index is 1.24. The summed E-state index contributed by atoms with van der Waals surface area (Å²) in [6, 6.07) is 11.2. The molecule has 1 aliphatic heterocycles. The molecule has 0 atom stereocenters. The molecule has 144 valence electrons. The number of benzene rings is 1. The smallest absolute Gasteiger partial charge is 0.238 e. The minimum Gasteiger partial charge on any atom is -0.461 e. The number of carbonyl (C=O) groups is 2. The molecular formula is C20H20N4O4. The van der Waals surface area contributed by atoms with Gasteiger partial charge in [0.25, 0.3) is 0 Å². The minimum atomic E-state index is -0.100. The number of nitrogens with zero attached hydrogens (tertiary/aromatic N) is 3. The molecule has 4 rings (SSSR count). The lowest BCUT2D eigenvalue weighted by Gasteiger charge is -2.16. The number of nitrogens with one attached hydrogen (secondary N) is 1. The summed E-state index contributed by atoms with van der Waals surface area (Å²) < 4.78 is 10.3. The molecule has 8 heteroatoms. The van der Waals surface area contributed by atoms with Gasteiger partial charge in [0.05, 0.1) is 6.26 Å². The number of hydrogen-bond donors (Lipinski definition) is 1. The van der Waals surface area contributed by atoms with E-state index < -0.39 is 0 Å². The van der Waals surface area contributed by atoms with Crippen LogP contribution in [0.25, 0.3) is 11.6 Å². The van der Waals surface area contributed by atoms with Crippen molar-refractivity contribution in [2.45, 2.75) is 32.2 Å². The molecule has 0 saturated carbocycles. The molecule has 1 aliphatic rings. The molecule has 0 spiro atoms. The van der Waals surface area contributed by atoms with Gasteiger partial charge in [-0.15, -0.1) is 0 Å². The van der Waals surface area contributed by atoms with Crippen molar-refractivity contribution in [3.8, 4) is 11.6 Å². The number of anilines is 1. The highest BCUT2D eigenvalue weighted by Crippen LogP contribution is 2.21. The van der Waals surface area contributed by atoms with Crippen molar-refractivity contribution in [1.29, 1.82) is 0 Å². The van der Waals surface area contributed by atoms with Crippen LogP contribution in [-0.2, 0) is 22.6 Å². The average Bonchev–Trinajstić information content (AvgIpc) is 3.46. The molecule has 0 unspecified atom stereocenters. The summed E-state index contributed by atoms with van der Waals surface area (Å²) in [5.41, 5.74) is 1.88. The predicted molar refractivity (Wildman–Crippen MR) is 100 cm³/mol. The molecule has 1 saturated heterocycles. The molecule has 3 heterocycles. The molecule has 28 heavy (non-hydrogen) atoms. The van der Waals surface area contributed by atoms with E-state index in [-0.39, 0.29) is 18.2 Å². The van der Waals surface area contributed by atoms with Crippen molar-refractivity contribution in [2.75, 3.05) is 11.4 Å². The number of carbonyl (C=O) groups excluding carboxylic acids is 2. The highest BCUT2D eigenvalue weighted by atomic mass is 16.5. The zero-order valence-electron chi connectivity index (χ0n) is 15.3. The third-order valence-electron chi connectivity index (χ3n) is 4.59. The summed E-state index contributed by atoms with van der Waals surface area (Å²) in [5, 5.41) is 6.71. The number of rotatable bonds is 7. The average molecular weight is 380 g/mol. The van der Waals surface area contributed by atoms with Gasteiger partial charge in [0.2, 0.25) is 23.5 Å². The summed E-state index contributed by atoms with van der Waals surface area (Å²) in [6.45, 7) is 1.20. The first-order chi connectivity index (χ1) is 13.7. The van der Waals surface area contributed by atoms with Crippen LogP contribution in [0.2, 0.25) is 0 Å². The molecule has 1 aromatic carbocycles. The van der Waals surface area contributed by atoms with E-state index in [2.05, 4.69) is 15.5 Å². The summed E-state index contributed by atoms with van der Waals surface area (Å²) in [5.74, 6) is 1.35. The number of furan rings is 1. The summed E-state index contributed by atoms with van der Waals surface area (Å²) in [4.78, 5) is 29.9. The van der Waals surface area contributed by atoms with E-state index in [1.165, 1.54) is 6.26 Å². The van der Waals surface area contributed by atoms with Crippen LogP contribution in [0.1, 0.15) is 30.7 Å². The van der Waals surface area contributed by atoms with Crippen molar-refractivity contribution in [3.05, 3.63) is 54.1 Å². The van der Waals surface area contributed by atoms with E-state index in [4.69, 9.17) is 8.94 Å².